The van der Waals surface area contributed by atoms with Gasteiger partial charge in [-0.15, -0.1) is 0 Å². The van der Waals surface area contributed by atoms with E-state index in [0.29, 0.717) is 50.6 Å². The first-order valence-electron chi connectivity index (χ1n) is 9.87. The smallest absolute Gasteiger partial charge is 0.262 e. The number of carbonyl (C=O) groups excluding carboxylic acids is 2. The van der Waals surface area contributed by atoms with Crippen LogP contribution < -0.4 is 29.0 Å². The van der Waals surface area contributed by atoms with Crippen LogP contribution in [0, 0.1) is 0 Å². The highest BCUT2D eigenvalue weighted by Crippen LogP contribution is 2.51. The van der Waals surface area contributed by atoms with Crippen LogP contribution >= 0.6 is 0 Å². The molecule has 0 saturated carbocycles. The molecule has 0 spiro atoms. The lowest BCUT2D eigenvalue weighted by Gasteiger charge is -2.20. The van der Waals surface area contributed by atoms with Crippen molar-refractivity contribution in [2.75, 3.05) is 13.6 Å². The summed E-state index contributed by atoms with van der Waals surface area (Å²) in [7, 11) is 0. The summed E-state index contributed by atoms with van der Waals surface area (Å²) in [6, 6.07) is 9.02. The average molecular weight is 419 g/mol. The molecule has 0 atom stereocenters. The monoisotopic (exact) mass is 419 g/mol. The number of imide groups is 1. The number of nitrogens with one attached hydrogen (secondary N) is 1. The summed E-state index contributed by atoms with van der Waals surface area (Å²) in [5, 5.41) is 3.72. The highest BCUT2D eigenvalue weighted by atomic mass is 16.7. The third-order valence-corrected chi connectivity index (χ3v) is 5.46. The maximum atomic E-state index is 13.0. The first-order valence-corrected chi connectivity index (χ1v) is 9.87. The topological polar surface area (TPSA) is 92.3 Å². The summed E-state index contributed by atoms with van der Waals surface area (Å²) < 4.78 is 28.4. The number of hydrogen-bond donors (Lipinski definition) is 1. The van der Waals surface area contributed by atoms with Crippen molar-refractivity contribution in [3.05, 3.63) is 41.5 Å². The Kier molecular flexibility index (Phi) is 3.62. The summed E-state index contributed by atoms with van der Waals surface area (Å²) in [5.41, 5.74) is 1.72. The molecule has 0 radical (unpaired) electrons. The van der Waals surface area contributed by atoms with E-state index in [1.165, 1.54) is 0 Å². The molecule has 0 aliphatic carbocycles. The van der Waals surface area contributed by atoms with Crippen molar-refractivity contribution in [3.8, 4) is 39.9 Å². The van der Waals surface area contributed by atoms with Gasteiger partial charge in [0.1, 0.15) is 5.75 Å². The maximum absolute atomic E-state index is 13.0. The molecule has 1 N–H and O–H groups in total. The Hall–Kier alpha value is -3.94. The summed E-state index contributed by atoms with van der Waals surface area (Å²) in [4.78, 5) is 25.8. The molecule has 0 saturated heterocycles. The van der Waals surface area contributed by atoms with Gasteiger partial charge in [0.15, 0.2) is 23.0 Å². The van der Waals surface area contributed by atoms with Gasteiger partial charge in [-0.3, -0.25) is 14.9 Å². The highest BCUT2D eigenvalue weighted by molar-refractivity contribution is 6.30. The summed E-state index contributed by atoms with van der Waals surface area (Å²) in [5.74, 6) is 1.64. The Morgan fingerprint density at radius 2 is 1.55 bits per heavy atom. The van der Waals surface area contributed by atoms with Gasteiger partial charge in [-0.2, -0.15) is 0 Å². The molecule has 0 unspecified atom stereocenters. The molecule has 0 aromatic heterocycles. The lowest BCUT2D eigenvalue weighted by molar-refractivity contribution is 0.0878. The molecule has 6 rings (SSSR count). The first-order chi connectivity index (χ1) is 15.0. The fourth-order valence-corrected chi connectivity index (χ4v) is 4.28. The molecule has 3 aliphatic rings. The molecule has 3 aliphatic heterocycles. The van der Waals surface area contributed by atoms with Gasteiger partial charge in [-0.25, -0.2) is 0 Å². The van der Waals surface area contributed by atoms with Gasteiger partial charge < -0.3 is 23.7 Å². The molecule has 3 aromatic rings. The molecule has 156 valence electrons. The number of benzene rings is 3. The lowest BCUT2D eigenvalue weighted by Crippen LogP contribution is -2.20. The van der Waals surface area contributed by atoms with Gasteiger partial charge in [0.2, 0.25) is 13.6 Å². The van der Waals surface area contributed by atoms with Gasteiger partial charge >= 0.3 is 0 Å². The molecule has 0 fully saturated rings. The number of ether oxygens (including phenoxy) is 5. The van der Waals surface area contributed by atoms with E-state index in [2.05, 4.69) is 5.32 Å². The van der Waals surface area contributed by atoms with Crippen molar-refractivity contribution in [1.29, 1.82) is 0 Å². The highest BCUT2D eigenvalue weighted by Gasteiger charge is 2.38. The van der Waals surface area contributed by atoms with Crippen LogP contribution in [-0.4, -0.2) is 31.5 Å². The molecular weight excluding hydrogens is 402 g/mol. The van der Waals surface area contributed by atoms with Crippen LogP contribution in [0.4, 0.5) is 0 Å². The van der Waals surface area contributed by atoms with Crippen LogP contribution in [0.25, 0.3) is 21.9 Å². The predicted octanol–water partition coefficient (Wildman–Crippen LogP) is 3.64. The van der Waals surface area contributed by atoms with Gasteiger partial charge in [-0.1, -0.05) is 6.07 Å². The zero-order valence-electron chi connectivity index (χ0n) is 16.7. The van der Waals surface area contributed by atoms with Crippen molar-refractivity contribution in [1.82, 2.24) is 5.32 Å². The zero-order chi connectivity index (χ0) is 21.3. The van der Waals surface area contributed by atoms with E-state index in [0.717, 1.165) is 0 Å². The van der Waals surface area contributed by atoms with E-state index in [1.54, 1.807) is 18.2 Å². The molecular formula is C23H17NO7. The average Bonchev–Trinajstić information content (AvgIpc) is 3.46. The van der Waals surface area contributed by atoms with Crippen molar-refractivity contribution in [2.24, 2.45) is 0 Å². The van der Waals surface area contributed by atoms with E-state index < -0.39 is 11.8 Å². The maximum Gasteiger partial charge on any atom is 0.262 e. The minimum Gasteiger partial charge on any atom is -0.489 e. The fourth-order valence-electron chi connectivity index (χ4n) is 4.28. The van der Waals surface area contributed by atoms with Crippen LogP contribution in [0.2, 0.25) is 0 Å². The molecule has 8 heteroatoms. The third-order valence-electron chi connectivity index (χ3n) is 5.46. The SMILES string of the molecule is CC(C)Oc1c2c(c(-c3ccc4c(c3)OCO4)c3c4c(ccc13)OCO4)C(=O)NC2=O. The minimum absolute atomic E-state index is 0.0671. The van der Waals surface area contributed by atoms with Gasteiger partial charge in [-0.05, 0) is 43.7 Å². The Morgan fingerprint density at radius 3 is 2.39 bits per heavy atom. The van der Waals surface area contributed by atoms with Gasteiger partial charge in [0.05, 0.1) is 17.2 Å². The largest absolute Gasteiger partial charge is 0.489 e. The van der Waals surface area contributed by atoms with E-state index in [-0.39, 0.29) is 30.8 Å². The summed E-state index contributed by atoms with van der Waals surface area (Å²) in [6.45, 7) is 3.93. The van der Waals surface area contributed by atoms with Crippen LogP contribution in [0.15, 0.2) is 30.3 Å². The van der Waals surface area contributed by atoms with Gasteiger partial charge in [0.25, 0.3) is 11.8 Å². The van der Waals surface area contributed by atoms with Crippen molar-refractivity contribution < 1.29 is 33.3 Å². The van der Waals surface area contributed by atoms with E-state index in [1.807, 2.05) is 26.0 Å². The minimum atomic E-state index is -0.489. The number of fused-ring (bicyclic) bond motifs is 5. The zero-order valence-corrected chi connectivity index (χ0v) is 16.7. The van der Waals surface area contributed by atoms with Crippen LogP contribution in [0.5, 0.6) is 28.7 Å². The standard InChI is InChI=1S/C23H17NO7/c1-10(2)31-20-12-4-6-14-21(30-9-28-14)17(12)16(18-19(20)23(26)24-22(18)25)11-3-5-13-15(7-11)29-8-27-13/h3-7,10H,8-9H2,1-2H3,(H,24,25,26). The van der Waals surface area contributed by atoms with Crippen LogP contribution in [-0.2, 0) is 0 Å². The molecule has 2 amide bonds. The number of rotatable bonds is 3. The van der Waals surface area contributed by atoms with Crippen molar-refractivity contribution in [2.45, 2.75) is 20.0 Å². The van der Waals surface area contributed by atoms with E-state index in [4.69, 9.17) is 23.7 Å². The summed E-state index contributed by atoms with van der Waals surface area (Å²) >= 11 is 0. The number of carbonyl (C=O) groups is 2. The Labute approximate surface area is 176 Å². The molecule has 0 bridgehead atoms. The van der Waals surface area contributed by atoms with Crippen LogP contribution in [0.1, 0.15) is 34.6 Å². The quantitative estimate of drug-likeness (QED) is 0.648. The Bertz CT molecular complexity index is 1310. The first kappa shape index (κ1) is 17.9. The third kappa shape index (κ3) is 2.48. The second-order valence-electron chi connectivity index (χ2n) is 7.69. The molecule has 8 nitrogen and oxygen atoms in total. The second-order valence-corrected chi connectivity index (χ2v) is 7.69. The van der Waals surface area contributed by atoms with Gasteiger partial charge in [0, 0.05) is 16.3 Å². The number of amides is 2. The Morgan fingerprint density at radius 1 is 0.839 bits per heavy atom. The van der Waals surface area contributed by atoms with Crippen molar-refractivity contribution >= 4 is 22.6 Å². The predicted molar refractivity (Wildman–Crippen MR) is 109 cm³/mol. The lowest BCUT2D eigenvalue weighted by atomic mass is 9.88. The Balaban J connectivity index is 1.78. The normalized spacial score (nSPS) is 15.6. The molecule has 3 heterocycles. The van der Waals surface area contributed by atoms with E-state index in [9.17, 15) is 9.59 Å². The van der Waals surface area contributed by atoms with E-state index >= 15 is 0 Å². The second kappa shape index (κ2) is 6.28. The number of hydrogen-bond acceptors (Lipinski definition) is 7. The molecule has 31 heavy (non-hydrogen) atoms. The fraction of sp³-hybridized carbons (Fsp3) is 0.217. The summed E-state index contributed by atoms with van der Waals surface area (Å²) in [6.07, 6.45) is -0.211. The van der Waals surface area contributed by atoms with Crippen molar-refractivity contribution in [3.63, 3.8) is 0 Å². The van der Waals surface area contributed by atoms with Crippen LogP contribution in [0.3, 0.4) is 0 Å². The molecule has 3 aromatic carbocycles.